The number of urea groups is 1. The number of rotatable bonds is 4. The summed E-state index contributed by atoms with van der Waals surface area (Å²) in [6.07, 6.45) is -0.858. The van der Waals surface area contributed by atoms with E-state index >= 15 is 0 Å². The van der Waals surface area contributed by atoms with E-state index in [1.165, 1.54) is 12.1 Å². The minimum absolute atomic E-state index is 0.133. The fourth-order valence-corrected chi connectivity index (χ4v) is 2.14. The molecule has 0 bridgehead atoms. The SMILES string of the molecule is Cc1cccc(NC(=O)N[C@@H](C)[C@H](O)c2ccc(O)cc2)c1. The molecule has 0 heterocycles. The summed E-state index contributed by atoms with van der Waals surface area (Å²) >= 11 is 0. The molecule has 4 N–H and O–H groups in total. The Kier molecular flexibility index (Phi) is 5.01. The molecule has 22 heavy (non-hydrogen) atoms. The third-order valence-electron chi connectivity index (χ3n) is 3.34. The summed E-state index contributed by atoms with van der Waals surface area (Å²) in [6.45, 7) is 3.66. The first-order chi connectivity index (χ1) is 10.5. The molecule has 0 spiro atoms. The van der Waals surface area contributed by atoms with E-state index in [0.29, 0.717) is 11.3 Å². The fourth-order valence-electron chi connectivity index (χ4n) is 2.14. The summed E-state index contributed by atoms with van der Waals surface area (Å²) in [5, 5.41) is 24.9. The van der Waals surface area contributed by atoms with Gasteiger partial charge in [-0.1, -0.05) is 24.3 Å². The Morgan fingerprint density at radius 3 is 2.45 bits per heavy atom. The topological polar surface area (TPSA) is 81.6 Å². The van der Waals surface area contributed by atoms with Gasteiger partial charge in [0.25, 0.3) is 0 Å². The number of amides is 2. The predicted octanol–water partition coefficient (Wildman–Crippen LogP) is 2.94. The van der Waals surface area contributed by atoms with Crippen molar-refractivity contribution in [3.05, 3.63) is 59.7 Å². The van der Waals surface area contributed by atoms with E-state index in [2.05, 4.69) is 10.6 Å². The Labute approximate surface area is 129 Å². The fraction of sp³-hybridized carbons (Fsp3) is 0.235. The monoisotopic (exact) mass is 300 g/mol. The number of nitrogens with one attached hydrogen (secondary N) is 2. The van der Waals surface area contributed by atoms with Crippen LogP contribution in [0.1, 0.15) is 24.2 Å². The maximum Gasteiger partial charge on any atom is 0.319 e. The van der Waals surface area contributed by atoms with Gasteiger partial charge >= 0.3 is 6.03 Å². The lowest BCUT2D eigenvalue weighted by atomic mass is 10.0. The molecule has 116 valence electrons. The van der Waals surface area contributed by atoms with Gasteiger partial charge in [-0.15, -0.1) is 0 Å². The van der Waals surface area contributed by atoms with E-state index in [0.717, 1.165) is 5.56 Å². The van der Waals surface area contributed by atoms with Crippen molar-refractivity contribution in [3.63, 3.8) is 0 Å². The summed E-state index contributed by atoms with van der Waals surface area (Å²) in [6, 6.07) is 12.8. The molecule has 2 aromatic rings. The molecule has 0 aliphatic carbocycles. The largest absolute Gasteiger partial charge is 0.508 e. The van der Waals surface area contributed by atoms with Crippen LogP contribution in [0.3, 0.4) is 0 Å². The Morgan fingerprint density at radius 2 is 1.82 bits per heavy atom. The lowest BCUT2D eigenvalue weighted by Crippen LogP contribution is -2.39. The highest BCUT2D eigenvalue weighted by Crippen LogP contribution is 2.19. The zero-order valence-corrected chi connectivity index (χ0v) is 12.6. The van der Waals surface area contributed by atoms with Crippen LogP contribution in [0, 0.1) is 6.92 Å². The maximum absolute atomic E-state index is 12.0. The van der Waals surface area contributed by atoms with E-state index in [4.69, 9.17) is 0 Å². The standard InChI is InChI=1S/C17H20N2O3/c1-11-4-3-5-14(10-11)19-17(22)18-12(2)16(21)13-6-8-15(20)9-7-13/h3-10,12,16,20-21H,1-2H3,(H2,18,19,22)/t12-,16-/m0/s1. The first kappa shape index (κ1) is 15.9. The van der Waals surface area contributed by atoms with Gasteiger partial charge in [-0.05, 0) is 49.2 Å². The summed E-state index contributed by atoms with van der Waals surface area (Å²) in [5.41, 5.74) is 2.37. The summed E-state index contributed by atoms with van der Waals surface area (Å²) in [5.74, 6) is 0.133. The lowest BCUT2D eigenvalue weighted by Gasteiger charge is -2.21. The Balaban J connectivity index is 1.94. The van der Waals surface area contributed by atoms with Gasteiger partial charge in [-0.25, -0.2) is 4.79 Å². The molecule has 0 aromatic heterocycles. The van der Waals surface area contributed by atoms with Gasteiger partial charge in [-0.2, -0.15) is 0 Å². The van der Waals surface area contributed by atoms with Crippen molar-refractivity contribution in [1.82, 2.24) is 5.32 Å². The van der Waals surface area contributed by atoms with Gasteiger partial charge in [0.1, 0.15) is 5.75 Å². The molecule has 0 aliphatic rings. The van der Waals surface area contributed by atoms with Crippen LogP contribution in [0.2, 0.25) is 0 Å². The molecule has 2 aromatic carbocycles. The average molecular weight is 300 g/mol. The number of phenolic OH excluding ortho intramolecular Hbond substituents is 1. The number of hydrogen-bond donors (Lipinski definition) is 4. The van der Waals surface area contributed by atoms with Crippen LogP contribution >= 0.6 is 0 Å². The number of carbonyl (C=O) groups excluding carboxylic acids is 1. The van der Waals surface area contributed by atoms with E-state index in [-0.39, 0.29) is 11.8 Å². The van der Waals surface area contributed by atoms with Gasteiger partial charge < -0.3 is 20.8 Å². The molecule has 2 atom stereocenters. The smallest absolute Gasteiger partial charge is 0.319 e. The van der Waals surface area contributed by atoms with Crippen molar-refractivity contribution < 1.29 is 15.0 Å². The highest BCUT2D eigenvalue weighted by molar-refractivity contribution is 5.89. The van der Waals surface area contributed by atoms with Crippen LogP contribution in [-0.2, 0) is 0 Å². The first-order valence-corrected chi connectivity index (χ1v) is 7.07. The summed E-state index contributed by atoms with van der Waals surface area (Å²) < 4.78 is 0. The quantitative estimate of drug-likeness (QED) is 0.700. The molecule has 2 amide bonds. The van der Waals surface area contributed by atoms with Gasteiger partial charge in [0, 0.05) is 5.69 Å². The van der Waals surface area contributed by atoms with Crippen LogP contribution in [0.15, 0.2) is 48.5 Å². The van der Waals surface area contributed by atoms with Crippen LogP contribution in [0.4, 0.5) is 10.5 Å². The molecular formula is C17H20N2O3. The molecule has 0 saturated carbocycles. The molecule has 0 aliphatic heterocycles. The Bertz CT molecular complexity index is 641. The van der Waals surface area contributed by atoms with Crippen molar-refractivity contribution in [2.45, 2.75) is 26.0 Å². The molecule has 0 saturated heterocycles. The second-order valence-corrected chi connectivity index (χ2v) is 5.29. The van der Waals surface area contributed by atoms with Gasteiger partial charge in [0.05, 0.1) is 12.1 Å². The third kappa shape index (κ3) is 4.23. The number of phenols is 1. The minimum atomic E-state index is -0.858. The van der Waals surface area contributed by atoms with E-state index < -0.39 is 12.1 Å². The highest BCUT2D eigenvalue weighted by atomic mass is 16.3. The number of aromatic hydroxyl groups is 1. The van der Waals surface area contributed by atoms with Gasteiger partial charge in [0.15, 0.2) is 0 Å². The van der Waals surface area contributed by atoms with Gasteiger partial charge in [0.2, 0.25) is 0 Å². The van der Waals surface area contributed by atoms with Crippen LogP contribution in [0.5, 0.6) is 5.75 Å². The normalized spacial score (nSPS) is 13.2. The lowest BCUT2D eigenvalue weighted by molar-refractivity contribution is 0.139. The van der Waals surface area contributed by atoms with Crippen LogP contribution in [-0.4, -0.2) is 22.3 Å². The zero-order valence-electron chi connectivity index (χ0n) is 12.6. The third-order valence-corrected chi connectivity index (χ3v) is 3.34. The van der Waals surface area contributed by atoms with Crippen LogP contribution in [0.25, 0.3) is 0 Å². The van der Waals surface area contributed by atoms with Crippen molar-refractivity contribution in [3.8, 4) is 5.75 Å². The number of anilines is 1. The van der Waals surface area contributed by atoms with Crippen molar-refractivity contribution in [1.29, 1.82) is 0 Å². The number of aliphatic hydroxyl groups excluding tert-OH is 1. The number of carbonyl (C=O) groups is 1. The van der Waals surface area contributed by atoms with Crippen molar-refractivity contribution >= 4 is 11.7 Å². The maximum atomic E-state index is 12.0. The summed E-state index contributed by atoms with van der Waals surface area (Å²) in [7, 11) is 0. The van der Waals surface area contributed by atoms with Crippen molar-refractivity contribution in [2.24, 2.45) is 0 Å². The molecule has 0 unspecified atom stereocenters. The first-order valence-electron chi connectivity index (χ1n) is 7.07. The Morgan fingerprint density at radius 1 is 1.14 bits per heavy atom. The molecule has 0 fully saturated rings. The predicted molar refractivity (Wildman–Crippen MR) is 85.9 cm³/mol. The number of hydrogen-bond acceptors (Lipinski definition) is 3. The molecule has 0 radical (unpaired) electrons. The zero-order chi connectivity index (χ0) is 16.1. The van der Waals surface area contributed by atoms with E-state index in [1.54, 1.807) is 25.1 Å². The number of aliphatic hydroxyl groups is 1. The van der Waals surface area contributed by atoms with Crippen molar-refractivity contribution in [2.75, 3.05) is 5.32 Å². The second-order valence-electron chi connectivity index (χ2n) is 5.29. The number of benzene rings is 2. The van der Waals surface area contributed by atoms with Crippen LogP contribution < -0.4 is 10.6 Å². The molecular weight excluding hydrogens is 280 g/mol. The molecule has 5 nitrogen and oxygen atoms in total. The summed E-state index contributed by atoms with van der Waals surface area (Å²) in [4.78, 5) is 12.0. The number of aryl methyl sites for hydroxylation is 1. The average Bonchev–Trinajstić information content (AvgIpc) is 2.47. The highest BCUT2D eigenvalue weighted by Gasteiger charge is 2.18. The van der Waals surface area contributed by atoms with Gasteiger partial charge in [-0.3, -0.25) is 0 Å². The van der Waals surface area contributed by atoms with E-state index in [9.17, 15) is 15.0 Å². The molecule has 2 rings (SSSR count). The molecule has 5 heteroatoms. The second kappa shape index (κ2) is 6.95. The Hall–Kier alpha value is -2.53. The minimum Gasteiger partial charge on any atom is -0.508 e. The van der Waals surface area contributed by atoms with E-state index in [1.807, 2.05) is 25.1 Å².